The Hall–Kier alpha value is -1.88. The first kappa shape index (κ1) is 17.0. The monoisotopic (exact) mass is 347 g/mol. The summed E-state index contributed by atoms with van der Waals surface area (Å²) >= 11 is 5.90. The zero-order valence-corrected chi connectivity index (χ0v) is 15.0. The normalized spacial score (nSPS) is 18.4. The van der Waals surface area contributed by atoms with E-state index in [1.165, 1.54) is 5.56 Å². The summed E-state index contributed by atoms with van der Waals surface area (Å²) < 4.78 is 5.39. The van der Waals surface area contributed by atoms with Crippen molar-refractivity contribution >= 4 is 17.5 Å². The summed E-state index contributed by atoms with van der Waals surface area (Å²) in [6, 6.07) is 7.73. The Balaban J connectivity index is 1.61. The first-order valence-electron chi connectivity index (χ1n) is 8.19. The average molecular weight is 348 g/mol. The molecular weight excluding hydrogens is 326 g/mol. The number of hydrogen-bond acceptors (Lipinski definition) is 4. The van der Waals surface area contributed by atoms with E-state index in [2.05, 4.69) is 10.1 Å². The van der Waals surface area contributed by atoms with E-state index < -0.39 is 0 Å². The van der Waals surface area contributed by atoms with Crippen LogP contribution in [-0.4, -0.2) is 34.0 Å². The molecule has 0 saturated carbocycles. The lowest BCUT2D eigenvalue weighted by Crippen LogP contribution is -2.27. The highest BCUT2D eigenvalue weighted by Crippen LogP contribution is 2.29. The molecule has 0 bridgehead atoms. The molecule has 6 heteroatoms. The smallest absolute Gasteiger partial charge is 0.232 e. The van der Waals surface area contributed by atoms with Gasteiger partial charge in [0.25, 0.3) is 0 Å². The Bertz CT molecular complexity index is 719. The van der Waals surface area contributed by atoms with Crippen LogP contribution < -0.4 is 0 Å². The van der Waals surface area contributed by atoms with E-state index in [9.17, 15) is 4.79 Å². The molecule has 0 spiro atoms. The fraction of sp³-hybridized carbons (Fsp3) is 0.500. The fourth-order valence-electron chi connectivity index (χ4n) is 2.77. The van der Waals surface area contributed by atoms with Gasteiger partial charge >= 0.3 is 0 Å². The second kappa shape index (κ2) is 6.55. The summed E-state index contributed by atoms with van der Waals surface area (Å²) in [6.07, 6.45) is 1.25. The number of halogens is 1. The molecule has 1 aliphatic heterocycles. The van der Waals surface area contributed by atoms with Crippen LogP contribution in [0.15, 0.2) is 28.8 Å². The van der Waals surface area contributed by atoms with Crippen LogP contribution in [0.25, 0.3) is 0 Å². The number of aromatic nitrogens is 2. The Labute approximate surface area is 147 Å². The van der Waals surface area contributed by atoms with Gasteiger partial charge in [0.1, 0.15) is 0 Å². The summed E-state index contributed by atoms with van der Waals surface area (Å²) in [4.78, 5) is 18.6. The number of amides is 1. The van der Waals surface area contributed by atoms with Crippen LogP contribution in [0.4, 0.5) is 0 Å². The van der Waals surface area contributed by atoms with Crippen LogP contribution in [0.5, 0.6) is 0 Å². The number of likely N-dealkylation sites (tertiary alicyclic amines) is 1. The summed E-state index contributed by atoms with van der Waals surface area (Å²) in [5.74, 6) is 1.39. The summed E-state index contributed by atoms with van der Waals surface area (Å²) in [6.45, 7) is 7.45. The van der Waals surface area contributed by atoms with Gasteiger partial charge in [0.05, 0.1) is 5.92 Å². The van der Waals surface area contributed by atoms with E-state index in [1.54, 1.807) is 0 Å². The predicted octanol–water partition coefficient (Wildman–Crippen LogP) is 3.58. The summed E-state index contributed by atoms with van der Waals surface area (Å²) in [5.41, 5.74) is 1.02. The Morgan fingerprint density at radius 3 is 2.62 bits per heavy atom. The lowest BCUT2D eigenvalue weighted by molar-refractivity contribution is -0.127. The molecule has 1 fully saturated rings. The minimum atomic E-state index is -0.154. The number of carbonyl (C=O) groups excluding carboxylic acids is 1. The largest absolute Gasteiger partial charge is 0.342 e. The van der Waals surface area contributed by atoms with Crippen molar-refractivity contribution in [2.24, 2.45) is 0 Å². The van der Waals surface area contributed by atoms with Gasteiger partial charge in [0.2, 0.25) is 11.8 Å². The van der Waals surface area contributed by atoms with E-state index in [0.717, 1.165) is 11.4 Å². The SMILES string of the molecule is CC(C)(C)c1noc(C2CC(=O)N(CCc3ccc(Cl)cc3)C2)n1. The fourth-order valence-corrected chi connectivity index (χ4v) is 2.90. The third-order valence-corrected chi connectivity index (χ3v) is 4.51. The lowest BCUT2D eigenvalue weighted by Gasteiger charge is -2.16. The van der Waals surface area contributed by atoms with Gasteiger partial charge in [0, 0.05) is 29.9 Å². The van der Waals surface area contributed by atoms with Gasteiger partial charge in [-0.3, -0.25) is 4.79 Å². The third kappa shape index (κ3) is 3.78. The van der Waals surface area contributed by atoms with Gasteiger partial charge in [-0.15, -0.1) is 0 Å². The van der Waals surface area contributed by atoms with E-state index in [-0.39, 0.29) is 17.2 Å². The Morgan fingerprint density at radius 1 is 1.29 bits per heavy atom. The van der Waals surface area contributed by atoms with Crippen LogP contribution in [0.2, 0.25) is 5.02 Å². The highest BCUT2D eigenvalue weighted by Gasteiger charge is 2.34. The molecule has 24 heavy (non-hydrogen) atoms. The molecule has 0 radical (unpaired) electrons. The van der Waals surface area contributed by atoms with E-state index in [0.29, 0.717) is 31.2 Å². The molecule has 1 aliphatic rings. The van der Waals surface area contributed by atoms with Crippen LogP contribution in [0.3, 0.4) is 0 Å². The third-order valence-electron chi connectivity index (χ3n) is 4.26. The van der Waals surface area contributed by atoms with Crippen molar-refractivity contribution in [3.63, 3.8) is 0 Å². The highest BCUT2D eigenvalue weighted by atomic mass is 35.5. The predicted molar refractivity (Wildman–Crippen MR) is 92.1 cm³/mol. The molecule has 1 aromatic heterocycles. The Kier molecular flexibility index (Phi) is 4.63. The second-order valence-electron chi connectivity index (χ2n) is 7.32. The molecule has 1 saturated heterocycles. The Morgan fingerprint density at radius 2 is 2.00 bits per heavy atom. The topological polar surface area (TPSA) is 59.2 Å². The summed E-state index contributed by atoms with van der Waals surface area (Å²) in [5, 5.41) is 4.78. The minimum absolute atomic E-state index is 0.00804. The van der Waals surface area contributed by atoms with E-state index in [4.69, 9.17) is 16.1 Å². The van der Waals surface area contributed by atoms with Crippen molar-refractivity contribution in [1.29, 1.82) is 0 Å². The number of benzene rings is 1. The highest BCUT2D eigenvalue weighted by molar-refractivity contribution is 6.30. The lowest BCUT2D eigenvalue weighted by atomic mass is 9.96. The van der Waals surface area contributed by atoms with Crippen molar-refractivity contribution in [2.75, 3.05) is 13.1 Å². The molecule has 1 amide bonds. The number of nitrogens with zero attached hydrogens (tertiary/aromatic N) is 3. The summed E-state index contributed by atoms with van der Waals surface area (Å²) in [7, 11) is 0. The maximum absolute atomic E-state index is 12.3. The van der Waals surface area contributed by atoms with Gasteiger partial charge in [-0.2, -0.15) is 4.98 Å². The minimum Gasteiger partial charge on any atom is -0.342 e. The maximum atomic E-state index is 12.3. The molecule has 1 unspecified atom stereocenters. The zero-order chi connectivity index (χ0) is 17.3. The number of hydrogen-bond donors (Lipinski definition) is 0. The van der Waals surface area contributed by atoms with Crippen LogP contribution in [0, 0.1) is 0 Å². The molecular formula is C18H22ClN3O2. The van der Waals surface area contributed by atoms with E-state index in [1.807, 2.05) is 49.9 Å². The van der Waals surface area contributed by atoms with Crippen molar-refractivity contribution in [3.05, 3.63) is 46.6 Å². The van der Waals surface area contributed by atoms with Gasteiger partial charge in [-0.05, 0) is 24.1 Å². The molecule has 128 valence electrons. The van der Waals surface area contributed by atoms with Gasteiger partial charge < -0.3 is 9.42 Å². The quantitative estimate of drug-likeness (QED) is 0.848. The van der Waals surface area contributed by atoms with Crippen LogP contribution >= 0.6 is 11.6 Å². The second-order valence-corrected chi connectivity index (χ2v) is 7.76. The van der Waals surface area contributed by atoms with Gasteiger partial charge in [-0.1, -0.05) is 49.7 Å². The van der Waals surface area contributed by atoms with Crippen molar-refractivity contribution in [1.82, 2.24) is 15.0 Å². The molecule has 0 N–H and O–H groups in total. The van der Waals surface area contributed by atoms with Crippen molar-refractivity contribution in [2.45, 2.75) is 44.9 Å². The zero-order valence-electron chi connectivity index (χ0n) is 14.3. The first-order valence-corrected chi connectivity index (χ1v) is 8.57. The van der Waals surface area contributed by atoms with Crippen molar-refractivity contribution in [3.8, 4) is 0 Å². The maximum Gasteiger partial charge on any atom is 0.232 e. The molecule has 0 aliphatic carbocycles. The van der Waals surface area contributed by atoms with Crippen molar-refractivity contribution < 1.29 is 9.32 Å². The molecule has 5 nitrogen and oxygen atoms in total. The van der Waals surface area contributed by atoms with Crippen LogP contribution in [-0.2, 0) is 16.6 Å². The standard InChI is InChI=1S/C18H22ClN3O2/c1-18(2,3)17-20-16(24-21-17)13-10-15(23)22(11-13)9-8-12-4-6-14(19)7-5-12/h4-7,13H,8-11H2,1-3H3. The van der Waals surface area contributed by atoms with Crippen LogP contribution in [0.1, 0.15) is 50.4 Å². The molecule has 3 rings (SSSR count). The number of carbonyl (C=O) groups is 1. The molecule has 2 aromatic rings. The van der Waals surface area contributed by atoms with Gasteiger partial charge in [-0.25, -0.2) is 0 Å². The molecule has 2 heterocycles. The van der Waals surface area contributed by atoms with E-state index >= 15 is 0 Å². The molecule has 1 atom stereocenters. The first-order chi connectivity index (χ1) is 11.3. The van der Waals surface area contributed by atoms with Gasteiger partial charge in [0.15, 0.2) is 5.82 Å². The molecule has 1 aromatic carbocycles. The number of rotatable bonds is 4. The average Bonchev–Trinajstić information content (AvgIpc) is 3.13.